The van der Waals surface area contributed by atoms with Gasteiger partial charge in [0.05, 0.1) is 4.88 Å². The molecule has 4 aromatic rings. The van der Waals surface area contributed by atoms with Crippen molar-refractivity contribution < 1.29 is 0 Å². The van der Waals surface area contributed by atoms with Crippen LogP contribution in [0.15, 0.2) is 39.9 Å². The Morgan fingerprint density at radius 3 is 2.79 bits per heavy atom. The first-order valence-corrected chi connectivity index (χ1v) is 8.60. The van der Waals surface area contributed by atoms with Crippen LogP contribution in [0.4, 0.5) is 0 Å². The number of hydrogen-bond acceptors (Lipinski definition) is 4. The standard InChI is InChI=1S/C17H16N4O2S/c1-3-8-21-14(12-9-10-6-4-5-7-11(10)24-12)18-13-15(21)19-17(23)20(2)16(13)22/h4-7,9H,3,8H2,1-2H3,(H,19,23). The molecule has 0 amide bonds. The van der Waals surface area contributed by atoms with Crippen LogP contribution in [0, 0.1) is 0 Å². The lowest BCUT2D eigenvalue weighted by atomic mass is 10.2. The average molecular weight is 340 g/mol. The third kappa shape index (κ3) is 2.12. The Balaban J connectivity index is 2.07. The van der Waals surface area contributed by atoms with Crippen molar-refractivity contribution >= 4 is 32.6 Å². The number of imidazole rings is 1. The van der Waals surface area contributed by atoms with E-state index >= 15 is 0 Å². The minimum Gasteiger partial charge on any atom is -0.309 e. The second-order valence-corrected chi connectivity index (χ2v) is 6.81. The van der Waals surface area contributed by atoms with Crippen LogP contribution in [-0.2, 0) is 13.6 Å². The Labute approximate surface area is 141 Å². The summed E-state index contributed by atoms with van der Waals surface area (Å²) in [5.74, 6) is 0.729. The molecule has 3 heterocycles. The van der Waals surface area contributed by atoms with Crippen LogP contribution in [0.25, 0.3) is 32.0 Å². The van der Waals surface area contributed by atoms with Crippen molar-refractivity contribution in [2.45, 2.75) is 19.9 Å². The van der Waals surface area contributed by atoms with Crippen molar-refractivity contribution in [3.63, 3.8) is 0 Å². The highest BCUT2D eigenvalue weighted by Crippen LogP contribution is 2.33. The minimum absolute atomic E-state index is 0.304. The molecule has 4 rings (SSSR count). The van der Waals surface area contributed by atoms with Crippen molar-refractivity contribution in [1.82, 2.24) is 19.1 Å². The van der Waals surface area contributed by atoms with Crippen molar-refractivity contribution in [2.24, 2.45) is 7.05 Å². The van der Waals surface area contributed by atoms with E-state index < -0.39 is 5.69 Å². The van der Waals surface area contributed by atoms with E-state index in [1.165, 1.54) is 11.7 Å². The molecule has 0 saturated heterocycles. The molecule has 7 heteroatoms. The number of nitrogens with zero attached hydrogens (tertiary/aromatic N) is 3. The molecule has 3 aromatic heterocycles. The van der Waals surface area contributed by atoms with E-state index in [1.54, 1.807) is 11.3 Å². The van der Waals surface area contributed by atoms with Gasteiger partial charge in [0.25, 0.3) is 5.56 Å². The van der Waals surface area contributed by atoms with E-state index in [4.69, 9.17) is 0 Å². The van der Waals surface area contributed by atoms with Crippen molar-refractivity contribution in [2.75, 3.05) is 0 Å². The smallest absolute Gasteiger partial charge is 0.309 e. The first-order valence-electron chi connectivity index (χ1n) is 7.78. The van der Waals surface area contributed by atoms with Crippen molar-refractivity contribution in [1.29, 1.82) is 0 Å². The molecule has 0 aliphatic heterocycles. The minimum atomic E-state index is -0.423. The maximum atomic E-state index is 12.4. The number of thiophene rings is 1. The second-order valence-electron chi connectivity index (χ2n) is 5.73. The highest BCUT2D eigenvalue weighted by Gasteiger charge is 2.18. The Kier molecular flexibility index (Phi) is 3.38. The van der Waals surface area contributed by atoms with Crippen LogP contribution in [0.3, 0.4) is 0 Å². The summed E-state index contributed by atoms with van der Waals surface area (Å²) in [5, 5.41) is 1.15. The van der Waals surface area contributed by atoms with Gasteiger partial charge in [-0.05, 0) is 23.9 Å². The van der Waals surface area contributed by atoms with E-state index in [0.29, 0.717) is 17.7 Å². The van der Waals surface area contributed by atoms with Gasteiger partial charge in [-0.1, -0.05) is 25.1 Å². The lowest BCUT2D eigenvalue weighted by molar-refractivity contribution is 0.693. The third-order valence-corrected chi connectivity index (χ3v) is 5.21. The molecule has 0 radical (unpaired) electrons. The first-order chi connectivity index (χ1) is 11.6. The van der Waals surface area contributed by atoms with Crippen LogP contribution < -0.4 is 11.2 Å². The summed E-state index contributed by atoms with van der Waals surface area (Å²) in [7, 11) is 1.46. The fraction of sp³-hybridized carbons (Fsp3) is 0.235. The van der Waals surface area contributed by atoms with Gasteiger partial charge in [-0.25, -0.2) is 9.78 Å². The predicted molar refractivity (Wildman–Crippen MR) is 96.7 cm³/mol. The Bertz CT molecular complexity index is 1150. The molecule has 6 nitrogen and oxygen atoms in total. The molecule has 0 unspecified atom stereocenters. The lowest BCUT2D eigenvalue weighted by Gasteiger charge is -2.05. The van der Waals surface area contributed by atoms with Crippen LogP contribution in [0.2, 0.25) is 0 Å². The number of H-pyrrole nitrogens is 1. The molecular weight excluding hydrogens is 324 g/mol. The van der Waals surface area contributed by atoms with Gasteiger partial charge in [0.15, 0.2) is 11.3 Å². The van der Waals surface area contributed by atoms with Gasteiger partial charge >= 0.3 is 5.69 Å². The summed E-state index contributed by atoms with van der Waals surface area (Å²) >= 11 is 1.64. The Morgan fingerprint density at radius 1 is 1.25 bits per heavy atom. The summed E-state index contributed by atoms with van der Waals surface area (Å²) in [6, 6.07) is 10.2. The Morgan fingerprint density at radius 2 is 2.04 bits per heavy atom. The molecule has 0 fully saturated rings. The van der Waals surface area contributed by atoms with Gasteiger partial charge in [-0.3, -0.25) is 14.3 Å². The molecule has 0 spiro atoms. The molecule has 0 aliphatic carbocycles. The summed E-state index contributed by atoms with van der Waals surface area (Å²) in [6.45, 7) is 2.74. The number of fused-ring (bicyclic) bond motifs is 2. The van der Waals surface area contributed by atoms with Crippen molar-refractivity contribution in [3.8, 4) is 10.7 Å². The van der Waals surface area contributed by atoms with Crippen molar-refractivity contribution in [3.05, 3.63) is 51.2 Å². The molecule has 1 aromatic carbocycles. The summed E-state index contributed by atoms with van der Waals surface area (Å²) in [5.41, 5.74) is 0.00835. The maximum Gasteiger partial charge on any atom is 0.329 e. The quantitative estimate of drug-likeness (QED) is 0.623. The molecule has 0 saturated carbocycles. The fourth-order valence-corrected chi connectivity index (χ4v) is 3.95. The summed E-state index contributed by atoms with van der Waals surface area (Å²) in [6.07, 6.45) is 0.876. The molecular formula is C17H16N4O2S. The first kappa shape index (κ1) is 14.9. The fourth-order valence-electron chi connectivity index (χ4n) is 2.89. The zero-order chi connectivity index (χ0) is 16.8. The molecule has 1 N–H and O–H groups in total. The monoisotopic (exact) mass is 340 g/mol. The van der Waals surface area contributed by atoms with Gasteiger partial charge in [0.2, 0.25) is 0 Å². The van der Waals surface area contributed by atoms with Crippen LogP contribution >= 0.6 is 11.3 Å². The molecule has 0 bridgehead atoms. The molecule has 0 aliphatic rings. The van der Waals surface area contributed by atoms with Gasteiger partial charge in [-0.2, -0.15) is 0 Å². The zero-order valence-corrected chi connectivity index (χ0v) is 14.2. The Hall–Kier alpha value is -2.67. The lowest BCUT2D eigenvalue weighted by Crippen LogP contribution is -2.32. The summed E-state index contributed by atoms with van der Waals surface area (Å²) < 4.78 is 4.16. The van der Waals surface area contributed by atoms with Gasteiger partial charge in [-0.15, -0.1) is 11.3 Å². The predicted octanol–water partition coefficient (Wildman–Crippen LogP) is 2.71. The number of rotatable bonds is 3. The third-order valence-electron chi connectivity index (χ3n) is 4.10. The highest BCUT2D eigenvalue weighted by atomic mass is 32.1. The molecule has 24 heavy (non-hydrogen) atoms. The largest absolute Gasteiger partial charge is 0.329 e. The molecule has 122 valence electrons. The number of aryl methyl sites for hydroxylation is 1. The van der Waals surface area contributed by atoms with Gasteiger partial charge < -0.3 is 4.57 Å². The number of hydrogen-bond donors (Lipinski definition) is 1. The number of benzene rings is 1. The van der Waals surface area contributed by atoms with Crippen LogP contribution in [0.1, 0.15) is 13.3 Å². The van der Waals surface area contributed by atoms with Crippen LogP contribution in [0.5, 0.6) is 0 Å². The van der Waals surface area contributed by atoms with Gasteiger partial charge in [0.1, 0.15) is 5.65 Å². The maximum absolute atomic E-state index is 12.4. The van der Waals surface area contributed by atoms with E-state index in [9.17, 15) is 9.59 Å². The summed E-state index contributed by atoms with van der Waals surface area (Å²) in [4.78, 5) is 32.7. The van der Waals surface area contributed by atoms with E-state index in [1.807, 2.05) is 16.7 Å². The van der Waals surface area contributed by atoms with Crippen LogP contribution in [-0.4, -0.2) is 19.1 Å². The average Bonchev–Trinajstić information content (AvgIpc) is 3.15. The van der Waals surface area contributed by atoms with E-state index in [-0.39, 0.29) is 5.56 Å². The van der Waals surface area contributed by atoms with E-state index in [2.05, 4.69) is 35.1 Å². The number of aromatic amines is 1. The van der Waals surface area contributed by atoms with E-state index in [0.717, 1.165) is 27.1 Å². The SMILES string of the molecule is CCCn1c(-c2cc3ccccc3s2)nc2c(=O)n(C)c(=O)[nH]c21. The zero-order valence-electron chi connectivity index (χ0n) is 13.4. The van der Waals surface area contributed by atoms with Gasteiger partial charge in [0, 0.05) is 18.3 Å². The number of aromatic nitrogens is 4. The molecule has 0 atom stereocenters. The topological polar surface area (TPSA) is 72.7 Å². The normalized spacial score (nSPS) is 11.6. The number of nitrogens with one attached hydrogen (secondary N) is 1. The highest BCUT2D eigenvalue weighted by molar-refractivity contribution is 7.22. The second kappa shape index (κ2) is 5.45.